The zero-order valence-corrected chi connectivity index (χ0v) is 19.7. The van der Waals surface area contributed by atoms with Gasteiger partial charge in [-0.3, -0.25) is 9.10 Å². The number of anilines is 1. The molecule has 0 saturated heterocycles. The topological polar surface area (TPSA) is 77.9 Å². The van der Waals surface area contributed by atoms with Crippen LogP contribution < -0.4 is 4.31 Å². The number of carbonyl (C=O) groups is 1. The average molecular weight is 465 g/mol. The molecule has 0 aromatic heterocycles. The minimum atomic E-state index is -4.01. The van der Waals surface area contributed by atoms with Crippen LogP contribution in [0.1, 0.15) is 36.8 Å². The van der Waals surface area contributed by atoms with Crippen LogP contribution in [-0.4, -0.2) is 50.1 Å². The van der Waals surface area contributed by atoms with Crippen LogP contribution in [0.2, 0.25) is 5.02 Å². The summed E-state index contributed by atoms with van der Waals surface area (Å²) in [6, 6.07) is 10.9. The second-order valence-corrected chi connectivity index (χ2v) is 10.5. The van der Waals surface area contributed by atoms with Gasteiger partial charge in [-0.25, -0.2) is 8.42 Å². The van der Waals surface area contributed by atoms with Gasteiger partial charge in [-0.05, 0) is 74.2 Å². The van der Waals surface area contributed by atoms with Crippen molar-refractivity contribution in [2.24, 2.45) is 0 Å². The molecule has 2 unspecified atom stereocenters. The van der Waals surface area contributed by atoms with E-state index >= 15 is 0 Å². The molecule has 2 aromatic rings. The number of aliphatic hydroxyl groups excluding tert-OH is 1. The summed E-state index contributed by atoms with van der Waals surface area (Å²) in [7, 11) is -2.37. The molecule has 0 heterocycles. The first-order valence-electron chi connectivity index (χ1n) is 10.4. The standard InChI is InChI=1S/C23H29ClN2O4S/c1-16-8-11-19(14-17(16)2)26(31(29,30)20-12-9-18(24)10-13-20)15-23(28)25(3)21-6-4-5-7-22(21)27/h8-14,21-22,27H,4-7,15H2,1-3H3. The maximum atomic E-state index is 13.5. The van der Waals surface area contributed by atoms with Crippen molar-refractivity contribution in [1.82, 2.24) is 4.90 Å². The van der Waals surface area contributed by atoms with E-state index in [1.807, 2.05) is 19.9 Å². The van der Waals surface area contributed by atoms with Crippen molar-refractivity contribution in [2.45, 2.75) is 56.6 Å². The molecule has 0 bridgehead atoms. The fraction of sp³-hybridized carbons (Fsp3) is 0.435. The number of aliphatic hydroxyl groups is 1. The van der Waals surface area contributed by atoms with E-state index in [4.69, 9.17) is 11.6 Å². The molecule has 0 radical (unpaired) electrons. The largest absolute Gasteiger partial charge is 0.391 e. The van der Waals surface area contributed by atoms with Crippen LogP contribution >= 0.6 is 11.6 Å². The second kappa shape index (κ2) is 9.59. The Kier molecular flexibility index (Phi) is 7.29. The van der Waals surface area contributed by atoms with Gasteiger partial charge in [0.1, 0.15) is 6.54 Å². The summed E-state index contributed by atoms with van der Waals surface area (Å²) in [5, 5.41) is 10.8. The maximum Gasteiger partial charge on any atom is 0.264 e. The van der Waals surface area contributed by atoms with E-state index in [0.29, 0.717) is 23.6 Å². The molecule has 3 rings (SSSR count). The van der Waals surface area contributed by atoms with Crippen molar-refractivity contribution >= 4 is 33.2 Å². The van der Waals surface area contributed by atoms with E-state index in [1.165, 1.54) is 29.2 Å². The number of sulfonamides is 1. The van der Waals surface area contributed by atoms with E-state index in [0.717, 1.165) is 28.3 Å². The molecule has 1 N–H and O–H groups in total. The zero-order chi connectivity index (χ0) is 22.8. The summed E-state index contributed by atoms with van der Waals surface area (Å²) in [6.45, 7) is 3.49. The van der Waals surface area contributed by atoms with Gasteiger partial charge < -0.3 is 10.0 Å². The normalized spacial score (nSPS) is 19.1. The Balaban J connectivity index is 1.96. The van der Waals surface area contributed by atoms with Crippen molar-refractivity contribution in [3.63, 3.8) is 0 Å². The number of aryl methyl sites for hydroxylation is 2. The Labute approximate surface area is 189 Å². The molecule has 1 amide bonds. The Hall–Kier alpha value is -2.09. The van der Waals surface area contributed by atoms with Gasteiger partial charge in [-0.2, -0.15) is 0 Å². The highest BCUT2D eigenvalue weighted by atomic mass is 35.5. The fourth-order valence-corrected chi connectivity index (χ4v) is 5.42. The number of carbonyl (C=O) groups excluding carboxylic acids is 1. The number of benzene rings is 2. The summed E-state index contributed by atoms with van der Waals surface area (Å²) in [5.74, 6) is -0.360. The van der Waals surface area contributed by atoms with Crippen molar-refractivity contribution in [2.75, 3.05) is 17.9 Å². The molecule has 2 atom stereocenters. The lowest BCUT2D eigenvalue weighted by atomic mass is 9.91. The molecule has 0 aliphatic heterocycles. The lowest BCUT2D eigenvalue weighted by Crippen LogP contribution is -2.50. The highest BCUT2D eigenvalue weighted by Crippen LogP contribution is 2.28. The van der Waals surface area contributed by atoms with Gasteiger partial charge in [0.05, 0.1) is 22.7 Å². The molecular formula is C23H29ClN2O4S. The summed E-state index contributed by atoms with van der Waals surface area (Å²) in [6.07, 6.45) is 2.62. The van der Waals surface area contributed by atoms with E-state index in [1.54, 1.807) is 19.2 Å². The molecule has 8 heteroatoms. The van der Waals surface area contributed by atoms with Gasteiger partial charge in [-0.15, -0.1) is 0 Å². The number of likely N-dealkylation sites (N-methyl/N-ethyl adjacent to an activating group) is 1. The van der Waals surface area contributed by atoms with Crippen molar-refractivity contribution in [3.05, 3.63) is 58.6 Å². The van der Waals surface area contributed by atoms with Crippen LogP contribution in [-0.2, 0) is 14.8 Å². The van der Waals surface area contributed by atoms with Gasteiger partial charge in [0.25, 0.3) is 10.0 Å². The van der Waals surface area contributed by atoms with Gasteiger partial charge >= 0.3 is 0 Å². The smallest absolute Gasteiger partial charge is 0.264 e. The zero-order valence-electron chi connectivity index (χ0n) is 18.1. The number of nitrogens with zero attached hydrogens (tertiary/aromatic N) is 2. The van der Waals surface area contributed by atoms with Gasteiger partial charge in [-0.1, -0.05) is 30.5 Å². The lowest BCUT2D eigenvalue weighted by Gasteiger charge is -2.36. The number of hydrogen-bond acceptors (Lipinski definition) is 4. The molecule has 1 aliphatic rings. The van der Waals surface area contributed by atoms with Crippen LogP contribution in [0.25, 0.3) is 0 Å². The van der Waals surface area contributed by atoms with E-state index in [-0.39, 0.29) is 23.4 Å². The third-order valence-corrected chi connectivity index (χ3v) is 8.08. The minimum Gasteiger partial charge on any atom is -0.391 e. The highest BCUT2D eigenvalue weighted by molar-refractivity contribution is 7.92. The van der Waals surface area contributed by atoms with Crippen molar-refractivity contribution in [3.8, 4) is 0 Å². The molecular weight excluding hydrogens is 436 g/mol. The quantitative estimate of drug-likeness (QED) is 0.702. The summed E-state index contributed by atoms with van der Waals surface area (Å²) < 4.78 is 28.1. The first-order chi connectivity index (χ1) is 14.6. The van der Waals surface area contributed by atoms with Gasteiger partial charge in [0, 0.05) is 12.1 Å². The first kappa shape index (κ1) is 23.6. The second-order valence-electron chi connectivity index (χ2n) is 8.16. The molecule has 1 aliphatic carbocycles. The van der Waals surface area contributed by atoms with Crippen LogP contribution in [0.4, 0.5) is 5.69 Å². The number of halogens is 1. The fourth-order valence-electron chi connectivity index (χ4n) is 3.89. The minimum absolute atomic E-state index is 0.0586. The van der Waals surface area contributed by atoms with Crippen molar-refractivity contribution < 1.29 is 18.3 Å². The van der Waals surface area contributed by atoms with Crippen LogP contribution in [0, 0.1) is 13.8 Å². The molecule has 2 aromatic carbocycles. The molecule has 1 saturated carbocycles. The summed E-state index contributed by atoms with van der Waals surface area (Å²) in [5.41, 5.74) is 2.38. The molecule has 168 valence electrons. The summed E-state index contributed by atoms with van der Waals surface area (Å²) >= 11 is 5.93. The predicted molar refractivity (Wildman–Crippen MR) is 123 cm³/mol. The molecule has 0 spiro atoms. The van der Waals surface area contributed by atoms with E-state index in [9.17, 15) is 18.3 Å². The Morgan fingerprint density at radius 3 is 2.32 bits per heavy atom. The average Bonchev–Trinajstić information content (AvgIpc) is 2.74. The van der Waals surface area contributed by atoms with Gasteiger partial charge in [0.2, 0.25) is 5.91 Å². The highest BCUT2D eigenvalue weighted by Gasteiger charge is 2.33. The maximum absolute atomic E-state index is 13.5. The van der Waals surface area contributed by atoms with Crippen LogP contribution in [0.5, 0.6) is 0 Å². The summed E-state index contributed by atoms with van der Waals surface area (Å²) in [4.78, 5) is 14.7. The monoisotopic (exact) mass is 464 g/mol. The Bertz CT molecular complexity index is 1040. The Morgan fingerprint density at radius 2 is 1.71 bits per heavy atom. The Morgan fingerprint density at radius 1 is 1.06 bits per heavy atom. The van der Waals surface area contributed by atoms with E-state index < -0.39 is 16.1 Å². The molecule has 6 nitrogen and oxygen atoms in total. The lowest BCUT2D eigenvalue weighted by molar-refractivity contribution is -0.133. The van der Waals surface area contributed by atoms with Crippen LogP contribution in [0.15, 0.2) is 47.4 Å². The van der Waals surface area contributed by atoms with Crippen molar-refractivity contribution in [1.29, 1.82) is 0 Å². The van der Waals surface area contributed by atoms with Gasteiger partial charge in [0.15, 0.2) is 0 Å². The first-order valence-corrected chi connectivity index (χ1v) is 12.2. The molecule has 31 heavy (non-hydrogen) atoms. The predicted octanol–water partition coefficient (Wildman–Crippen LogP) is 3.91. The number of rotatable bonds is 6. The third kappa shape index (κ3) is 5.22. The number of hydrogen-bond donors (Lipinski definition) is 1. The van der Waals surface area contributed by atoms with Crippen LogP contribution in [0.3, 0.4) is 0 Å². The SMILES string of the molecule is Cc1ccc(N(CC(=O)N(C)C2CCCCC2O)S(=O)(=O)c2ccc(Cl)cc2)cc1C. The molecule has 1 fully saturated rings. The number of amides is 1. The van der Waals surface area contributed by atoms with E-state index in [2.05, 4.69) is 0 Å². The third-order valence-electron chi connectivity index (χ3n) is 6.04.